The first-order valence-corrected chi connectivity index (χ1v) is 5.72. The van der Waals surface area contributed by atoms with E-state index in [0.29, 0.717) is 23.4 Å². The SMILES string of the molecule is O=C1CCC(C(=O)Nc2ccc3ncoc3c2)=NN1. The number of hydrazone groups is 1. The molecule has 1 aliphatic rings. The number of hydrogen-bond donors (Lipinski definition) is 2. The highest BCUT2D eigenvalue weighted by molar-refractivity contribution is 6.43. The molecule has 0 spiro atoms. The van der Waals surface area contributed by atoms with E-state index in [1.807, 2.05) is 0 Å². The number of aromatic nitrogens is 1. The average Bonchev–Trinajstić information content (AvgIpc) is 2.87. The predicted molar refractivity (Wildman–Crippen MR) is 67.5 cm³/mol. The first-order valence-electron chi connectivity index (χ1n) is 5.72. The van der Waals surface area contributed by atoms with Crippen molar-refractivity contribution in [3.05, 3.63) is 24.6 Å². The molecule has 96 valence electrons. The molecular formula is C12H10N4O3. The van der Waals surface area contributed by atoms with E-state index in [2.05, 4.69) is 20.8 Å². The summed E-state index contributed by atoms with van der Waals surface area (Å²) in [6.45, 7) is 0. The smallest absolute Gasteiger partial charge is 0.271 e. The van der Waals surface area contributed by atoms with Crippen LogP contribution in [0.2, 0.25) is 0 Å². The van der Waals surface area contributed by atoms with Crippen LogP contribution in [0.25, 0.3) is 11.1 Å². The van der Waals surface area contributed by atoms with Crippen molar-refractivity contribution < 1.29 is 14.0 Å². The number of oxazole rings is 1. The lowest BCUT2D eigenvalue weighted by atomic mass is 10.1. The van der Waals surface area contributed by atoms with Gasteiger partial charge in [0.2, 0.25) is 5.91 Å². The Balaban J connectivity index is 1.77. The molecular weight excluding hydrogens is 248 g/mol. The Morgan fingerprint density at radius 2 is 2.26 bits per heavy atom. The highest BCUT2D eigenvalue weighted by Gasteiger charge is 2.18. The van der Waals surface area contributed by atoms with Crippen LogP contribution in [0.3, 0.4) is 0 Å². The number of nitrogens with zero attached hydrogens (tertiary/aromatic N) is 2. The Bertz CT molecular complexity index is 689. The Hall–Kier alpha value is -2.70. The summed E-state index contributed by atoms with van der Waals surface area (Å²) in [6, 6.07) is 5.16. The van der Waals surface area contributed by atoms with Crippen molar-refractivity contribution >= 4 is 34.3 Å². The molecule has 1 aromatic carbocycles. The zero-order valence-corrected chi connectivity index (χ0v) is 9.84. The predicted octanol–water partition coefficient (Wildman–Crippen LogP) is 1.03. The summed E-state index contributed by atoms with van der Waals surface area (Å²) in [5.41, 5.74) is 4.50. The summed E-state index contributed by atoms with van der Waals surface area (Å²) >= 11 is 0. The third-order valence-electron chi connectivity index (χ3n) is 2.76. The summed E-state index contributed by atoms with van der Waals surface area (Å²) in [7, 11) is 0. The van der Waals surface area contributed by atoms with E-state index in [0.717, 1.165) is 5.52 Å². The van der Waals surface area contributed by atoms with Crippen LogP contribution in [0, 0.1) is 0 Å². The lowest BCUT2D eigenvalue weighted by molar-refractivity contribution is -0.121. The quantitative estimate of drug-likeness (QED) is 0.840. The average molecular weight is 258 g/mol. The Kier molecular flexibility index (Phi) is 2.71. The molecule has 1 aliphatic heterocycles. The van der Waals surface area contributed by atoms with Crippen LogP contribution in [0.1, 0.15) is 12.8 Å². The van der Waals surface area contributed by atoms with Crippen molar-refractivity contribution in [1.29, 1.82) is 0 Å². The second kappa shape index (κ2) is 4.52. The van der Waals surface area contributed by atoms with Gasteiger partial charge in [0, 0.05) is 24.6 Å². The van der Waals surface area contributed by atoms with Gasteiger partial charge in [0.25, 0.3) is 5.91 Å². The molecule has 0 bridgehead atoms. The van der Waals surface area contributed by atoms with E-state index in [1.165, 1.54) is 6.39 Å². The number of carbonyl (C=O) groups is 2. The van der Waals surface area contributed by atoms with E-state index >= 15 is 0 Å². The van der Waals surface area contributed by atoms with Crippen LogP contribution in [0.15, 0.2) is 34.1 Å². The molecule has 0 atom stereocenters. The first-order chi connectivity index (χ1) is 9.22. The van der Waals surface area contributed by atoms with Crippen LogP contribution in [0.4, 0.5) is 5.69 Å². The molecule has 0 saturated carbocycles. The van der Waals surface area contributed by atoms with Crippen molar-refractivity contribution in [3.63, 3.8) is 0 Å². The highest BCUT2D eigenvalue weighted by Crippen LogP contribution is 2.18. The zero-order chi connectivity index (χ0) is 13.2. The van der Waals surface area contributed by atoms with Gasteiger partial charge in [0.05, 0.1) is 0 Å². The van der Waals surface area contributed by atoms with E-state index < -0.39 is 0 Å². The zero-order valence-electron chi connectivity index (χ0n) is 9.84. The van der Waals surface area contributed by atoms with Gasteiger partial charge in [-0.3, -0.25) is 9.59 Å². The number of hydrogen-bond acceptors (Lipinski definition) is 5. The molecule has 2 amide bonds. The Morgan fingerprint density at radius 1 is 1.37 bits per heavy atom. The molecule has 0 aliphatic carbocycles. The molecule has 0 unspecified atom stereocenters. The van der Waals surface area contributed by atoms with E-state index in [9.17, 15) is 9.59 Å². The number of fused-ring (bicyclic) bond motifs is 1. The third-order valence-corrected chi connectivity index (χ3v) is 2.76. The van der Waals surface area contributed by atoms with Crippen molar-refractivity contribution in [2.45, 2.75) is 12.8 Å². The monoisotopic (exact) mass is 258 g/mol. The molecule has 0 radical (unpaired) electrons. The molecule has 0 fully saturated rings. The van der Waals surface area contributed by atoms with Gasteiger partial charge in [-0.2, -0.15) is 5.10 Å². The summed E-state index contributed by atoms with van der Waals surface area (Å²) in [5.74, 6) is -0.515. The second-order valence-electron chi connectivity index (χ2n) is 4.08. The molecule has 19 heavy (non-hydrogen) atoms. The fourth-order valence-corrected chi connectivity index (χ4v) is 1.77. The van der Waals surface area contributed by atoms with Crippen molar-refractivity contribution in [3.8, 4) is 0 Å². The van der Waals surface area contributed by atoms with Gasteiger partial charge >= 0.3 is 0 Å². The highest BCUT2D eigenvalue weighted by atomic mass is 16.3. The number of carbonyl (C=O) groups excluding carboxylic acids is 2. The summed E-state index contributed by atoms with van der Waals surface area (Å²) < 4.78 is 5.15. The largest absolute Gasteiger partial charge is 0.443 e. The molecule has 2 aromatic rings. The Morgan fingerprint density at radius 3 is 3.05 bits per heavy atom. The molecule has 7 nitrogen and oxygen atoms in total. The lowest BCUT2D eigenvalue weighted by Gasteiger charge is -2.11. The van der Waals surface area contributed by atoms with Gasteiger partial charge in [-0.05, 0) is 12.1 Å². The van der Waals surface area contributed by atoms with Crippen LogP contribution in [0.5, 0.6) is 0 Å². The van der Waals surface area contributed by atoms with Gasteiger partial charge in [-0.15, -0.1) is 0 Å². The van der Waals surface area contributed by atoms with E-state index in [4.69, 9.17) is 4.42 Å². The molecule has 0 saturated heterocycles. The minimum absolute atomic E-state index is 0.181. The van der Waals surface area contributed by atoms with Gasteiger partial charge in [0.15, 0.2) is 12.0 Å². The van der Waals surface area contributed by atoms with Crippen LogP contribution < -0.4 is 10.7 Å². The Labute approximate surface area is 107 Å². The molecule has 7 heteroatoms. The minimum Gasteiger partial charge on any atom is -0.443 e. The number of benzene rings is 1. The number of rotatable bonds is 2. The maximum Gasteiger partial charge on any atom is 0.271 e. The minimum atomic E-state index is -0.334. The van der Waals surface area contributed by atoms with Crippen LogP contribution in [-0.4, -0.2) is 22.5 Å². The van der Waals surface area contributed by atoms with E-state index in [-0.39, 0.29) is 18.2 Å². The third kappa shape index (κ3) is 2.30. The molecule has 2 heterocycles. The van der Waals surface area contributed by atoms with Crippen LogP contribution >= 0.6 is 0 Å². The summed E-state index contributed by atoms with van der Waals surface area (Å²) in [5, 5.41) is 6.43. The maximum absolute atomic E-state index is 11.9. The van der Waals surface area contributed by atoms with Gasteiger partial charge in [-0.1, -0.05) is 0 Å². The summed E-state index contributed by atoms with van der Waals surface area (Å²) in [6.07, 6.45) is 1.95. The fraction of sp³-hybridized carbons (Fsp3) is 0.167. The van der Waals surface area contributed by atoms with Crippen LogP contribution in [-0.2, 0) is 9.59 Å². The lowest BCUT2D eigenvalue weighted by Crippen LogP contribution is -2.32. The van der Waals surface area contributed by atoms with Crippen molar-refractivity contribution in [2.24, 2.45) is 5.10 Å². The first kappa shape index (κ1) is 11.4. The number of nitrogens with one attached hydrogen (secondary N) is 2. The number of anilines is 1. The molecule has 1 aromatic heterocycles. The van der Waals surface area contributed by atoms with Crippen molar-refractivity contribution in [1.82, 2.24) is 10.4 Å². The second-order valence-corrected chi connectivity index (χ2v) is 4.08. The number of amides is 2. The van der Waals surface area contributed by atoms with Gasteiger partial charge in [-0.25, -0.2) is 10.4 Å². The fourth-order valence-electron chi connectivity index (χ4n) is 1.77. The summed E-state index contributed by atoms with van der Waals surface area (Å²) in [4.78, 5) is 26.8. The molecule has 2 N–H and O–H groups in total. The topological polar surface area (TPSA) is 96.6 Å². The van der Waals surface area contributed by atoms with Crippen molar-refractivity contribution in [2.75, 3.05) is 5.32 Å². The normalized spacial score (nSPS) is 14.9. The molecule has 3 rings (SSSR count). The standard InChI is InChI=1S/C12H10N4O3/c17-11-4-3-9(15-16-11)12(18)14-7-1-2-8-10(5-7)19-6-13-8/h1-2,5-6H,3-4H2,(H,14,18)(H,16,17). The van der Waals surface area contributed by atoms with Gasteiger partial charge < -0.3 is 9.73 Å². The van der Waals surface area contributed by atoms with E-state index in [1.54, 1.807) is 18.2 Å². The van der Waals surface area contributed by atoms with Gasteiger partial charge in [0.1, 0.15) is 11.2 Å². The maximum atomic E-state index is 11.9.